The third-order valence-electron chi connectivity index (χ3n) is 3.95. The number of nitrogens with zero attached hydrogens (tertiary/aromatic N) is 3. The SMILES string of the molecule is CC(=O)c1ccc(C(=O)Nc2ncn(CC(=O)NCc3ccccc3)n2)cc1. The minimum atomic E-state index is -0.401. The molecule has 3 rings (SSSR count). The Morgan fingerprint density at radius 3 is 2.32 bits per heavy atom. The highest BCUT2D eigenvalue weighted by molar-refractivity contribution is 6.04. The van der Waals surface area contributed by atoms with Gasteiger partial charge in [0.15, 0.2) is 5.78 Å². The van der Waals surface area contributed by atoms with Crippen molar-refractivity contribution in [2.24, 2.45) is 0 Å². The molecule has 0 aliphatic heterocycles. The summed E-state index contributed by atoms with van der Waals surface area (Å²) in [6.07, 6.45) is 1.37. The fourth-order valence-corrected chi connectivity index (χ4v) is 2.46. The van der Waals surface area contributed by atoms with E-state index in [2.05, 4.69) is 20.7 Å². The third kappa shape index (κ3) is 5.10. The number of Topliss-reactive ketones (excluding diaryl/α,β-unsaturated/α-hetero) is 1. The van der Waals surface area contributed by atoms with Crippen LogP contribution < -0.4 is 10.6 Å². The van der Waals surface area contributed by atoms with Gasteiger partial charge in [0.2, 0.25) is 11.9 Å². The summed E-state index contributed by atoms with van der Waals surface area (Å²) in [5.41, 5.74) is 1.90. The minimum absolute atomic E-state index is 0.0109. The number of carbonyl (C=O) groups is 3. The maximum atomic E-state index is 12.2. The molecule has 0 atom stereocenters. The van der Waals surface area contributed by atoms with Crippen LogP contribution in [0.4, 0.5) is 5.95 Å². The molecule has 0 saturated heterocycles. The Bertz CT molecular complexity index is 981. The van der Waals surface area contributed by atoms with Crippen molar-refractivity contribution < 1.29 is 14.4 Å². The molecule has 0 bridgehead atoms. The van der Waals surface area contributed by atoms with Gasteiger partial charge in [0.25, 0.3) is 5.91 Å². The molecule has 0 radical (unpaired) electrons. The van der Waals surface area contributed by atoms with Gasteiger partial charge in [0.1, 0.15) is 12.9 Å². The maximum absolute atomic E-state index is 12.2. The summed E-state index contributed by atoms with van der Waals surface area (Å²) < 4.78 is 1.34. The highest BCUT2D eigenvalue weighted by Crippen LogP contribution is 2.07. The molecular formula is C20H19N5O3. The standard InChI is InChI=1S/C20H19N5O3/c1-14(26)16-7-9-17(10-8-16)19(28)23-20-22-13-25(24-20)12-18(27)21-11-15-5-3-2-4-6-15/h2-10,13H,11-12H2,1H3,(H,21,27)(H,23,24,28). The van der Waals surface area contributed by atoms with E-state index in [4.69, 9.17) is 0 Å². The zero-order chi connectivity index (χ0) is 19.9. The quantitative estimate of drug-likeness (QED) is 0.613. The average molecular weight is 377 g/mol. The molecule has 0 aliphatic carbocycles. The van der Waals surface area contributed by atoms with E-state index in [1.165, 1.54) is 17.9 Å². The highest BCUT2D eigenvalue weighted by atomic mass is 16.2. The van der Waals surface area contributed by atoms with Crippen LogP contribution in [0.15, 0.2) is 60.9 Å². The van der Waals surface area contributed by atoms with Crippen LogP contribution in [0.2, 0.25) is 0 Å². The summed E-state index contributed by atoms with van der Waals surface area (Å²) in [4.78, 5) is 39.5. The fraction of sp³-hybridized carbons (Fsp3) is 0.150. The molecule has 1 aromatic heterocycles. The number of carbonyl (C=O) groups excluding carboxylic acids is 3. The monoisotopic (exact) mass is 377 g/mol. The topological polar surface area (TPSA) is 106 Å². The van der Waals surface area contributed by atoms with Crippen LogP contribution in [-0.2, 0) is 17.9 Å². The summed E-state index contributed by atoms with van der Waals surface area (Å²) in [6.45, 7) is 1.87. The van der Waals surface area contributed by atoms with Gasteiger partial charge in [0.05, 0.1) is 0 Å². The van der Waals surface area contributed by atoms with Crippen LogP contribution in [0.25, 0.3) is 0 Å². The molecule has 142 valence electrons. The molecule has 1 heterocycles. The third-order valence-corrected chi connectivity index (χ3v) is 3.95. The highest BCUT2D eigenvalue weighted by Gasteiger charge is 2.11. The lowest BCUT2D eigenvalue weighted by Gasteiger charge is -2.05. The lowest BCUT2D eigenvalue weighted by atomic mass is 10.1. The van der Waals surface area contributed by atoms with Crippen LogP contribution >= 0.6 is 0 Å². The van der Waals surface area contributed by atoms with E-state index in [1.807, 2.05) is 30.3 Å². The molecular weight excluding hydrogens is 358 g/mol. The number of ketones is 1. The second-order valence-corrected chi connectivity index (χ2v) is 6.12. The number of hydrogen-bond donors (Lipinski definition) is 2. The van der Waals surface area contributed by atoms with E-state index in [9.17, 15) is 14.4 Å². The molecule has 3 aromatic rings. The van der Waals surface area contributed by atoms with Gasteiger partial charge < -0.3 is 5.32 Å². The predicted molar refractivity (Wildman–Crippen MR) is 103 cm³/mol. The van der Waals surface area contributed by atoms with Gasteiger partial charge in [-0.25, -0.2) is 9.67 Å². The van der Waals surface area contributed by atoms with Crippen LogP contribution in [0.5, 0.6) is 0 Å². The van der Waals surface area contributed by atoms with Gasteiger partial charge in [-0.05, 0) is 24.6 Å². The first-order valence-electron chi connectivity index (χ1n) is 8.63. The number of nitrogens with one attached hydrogen (secondary N) is 2. The van der Waals surface area contributed by atoms with Crippen molar-refractivity contribution in [3.63, 3.8) is 0 Å². The number of amides is 2. The van der Waals surface area contributed by atoms with Gasteiger partial charge in [-0.1, -0.05) is 42.5 Å². The number of hydrogen-bond acceptors (Lipinski definition) is 5. The van der Waals surface area contributed by atoms with Crippen LogP contribution in [0, 0.1) is 0 Å². The molecule has 0 fully saturated rings. The summed E-state index contributed by atoms with van der Waals surface area (Å²) in [7, 11) is 0. The zero-order valence-electron chi connectivity index (χ0n) is 15.3. The number of aromatic nitrogens is 3. The lowest BCUT2D eigenvalue weighted by Crippen LogP contribution is -2.27. The number of rotatable bonds is 7. The van der Waals surface area contributed by atoms with E-state index in [0.29, 0.717) is 17.7 Å². The average Bonchev–Trinajstić information content (AvgIpc) is 3.14. The molecule has 28 heavy (non-hydrogen) atoms. The van der Waals surface area contributed by atoms with E-state index in [1.54, 1.807) is 24.3 Å². The molecule has 8 nitrogen and oxygen atoms in total. The fourth-order valence-electron chi connectivity index (χ4n) is 2.46. The maximum Gasteiger partial charge on any atom is 0.258 e. The molecule has 0 unspecified atom stereocenters. The van der Waals surface area contributed by atoms with Crippen LogP contribution in [0.1, 0.15) is 33.2 Å². The van der Waals surface area contributed by atoms with Crippen molar-refractivity contribution in [3.05, 3.63) is 77.6 Å². The van der Waals surface area contributed by atoms with Crippen molar-refractivity contribution in [2.45, 2.75) is 20.0 Å². The molecule has 0 saturated carbocycles. The first kappa shape index (κ1) is 19.0. The summed E-state index contributed by atoms with van der Waals surface area (Å²) >= 11 is 0. The lowest BCUT2D eigenvalue weighted by molar-refractivity contribution is -0.122. The Labute approximate surface area is 161 Å². The molecule has 8 heteroatoms. The first-order valence-corrected chi connectivity index (χ1v) is 8.63. The Balaban J connectivity index is 1.52. The molecule has 2 amide bonds. The van der Waals surface area contributed by atoms with Crippen molar-refractivity contribution in [1.82, 2.24) is 20.1 Å². The van der Waals surface area contributed by atoms with Crippen LogP contribution in [0.3, 0.4) is 0 Å². The molecule has 2 N–H and O–H groups in total. The van der Waals surface area contributed by atoms with Crippen molar-refractivity contribution >= 4 is 23.5 Å². The van der Waals surface area contributed by atoms with Crippen molar-refractivity contribution in [3.8, 4) is 0 Å². The van der Waals surface area contributed by atoms with Crippen molar-refractivity contribution in [2.75, 3.05) is 5.32 Å². The van der Waals surface area contributed by atoms with Gasteiger partial charge >= 0.3 is 0 Å². The summed E-state index contributed by atoms with van der Waals surface area (Å²) in [5, 5.41) is 9.43. The molecule has 2 aromatic carbocycles. The van der Waals surface area contributed by atoms with E-state index >= 15 is 0 Å². The van der Waals surface area contributed by atoms with Gasteiger partial charge in [-0.15, -0.1) is 5.10 Å². The summed E-state index contributed by atoms with van der Waals surface area (Å²) in [6, 6.07) is 15.8. The Kier molecular flexibility index (Phi) is 5.91. The van der Waals surface area contributed by atoms with Crippen molar-refractivity contribution in [1.29, 1.82) is 0 Å². The van der Waals surface area contributed by atoms with Gasteiger partial charge in [0, 0.05) is 17.7 Å². The minimum Gasteiger partial charge on any atom is -0.350 e. The Hall–Kier alpha value is -3.81. The molecule has 0 aliphatic rings. The largest absolute Gasteiger partial charge is 0.350 e. The Morgan fingerprint density at radius 1 is 0.964 bits per heavy atom. The van der Waals surface area contributed by atoms with E-state index < -0.39 is 5.91 Å². The number of anilines is 1. The Morgan fingerprint density at radius 2 is 1.64 bits per heavy atom. The second-order valence-electron chi connectivity index (χ2n) is 6.12. The first-order chi connectivity index (χ1) is 13.5. The second kappa shape index (κ2) is 8.72. The number of benzene rings is 2. The normalized spacial score (nSPS) is 10.3. The summed E-state index contributed by atoms with van der Waals surface area (Å²) in [5.74, 6) is -0.595. The van der Waals surface area contributed by atoms with E-state index in [0.717, 1.165) is 5.56 Å². The zero-order valence-corrected chi connectivity index (χ0v) is 15.3. The smallest absolute Gasteiger partial charge is 0.258 e. The van der Waals surface area contributed by atoms with Gasteiger partial charge in [-0.2, -0.15) is 0 Å². The predicted octanol–water partition coefficient (Wildman–Crippen LogP) is 2.05. The molecule has 0 spiro atoms. The van der Waals surface area contributed by atoms with E-state index in [-0.39, 0.29) is 24.2 Å². The van der Waals surface area contributed by atoms with Crippen LogP contribution in [-0.4, -0.2) is 32.4 Å². The van der Waals surface area contributed by atoms with Gasteiger partial charge in [-0.3, -0.25) is 19.7 Å².